The van der Waals surface area contributed by atoms with Gasteiger partial charge in [0.1, 0.15) is 0 Å². The van der Waals surface area contributed by atoms with Gasteiger partial charge in [0.2, 0.25) is 0 Å². The third-order valence-corrected chi connectivity index (χ3v) is 2.37. The van der Waals surface area contributed by atoms with E-state index in [0.717, 1.165) is 6.07 Å². The SMILES string of the molecule is Nc1ccccc1OS(=O)(=O)C(F)(F)F. The maximum absolute atomic E-state index is 11.9. The van der Waals surface area contributed by atoms with Gasteiger partial charge in [-0.3, -0.25) is 0 Å². The van der Waals surface area contributed by atoms with Gasteiger partial charge in [-0.1, -0.05) is 12.1 Å². The molecule has 0 saturated heterocycles. The highest BCUT2D eigenvalue weighted by Crippen LogP contribution is 2.29. The molecule has 0 saturated carbocycles. The molecule has 0 radical (unpaired) electrons. The first-order valence-corrected chi connectivity index (χ1v) is 5.00. The van der Waals surface area contributed by atoms with E-state index in [9.17, 15) is 21.6 Å². The monoisotopic (exact) mass is 241 g/mol. The summed E-state index contributed by atoms with van der Waals surface area (Å²) >= 11 is 0. The molecule has 0 aliphatic heterocycles. The Bertz CT molecular complexity index is 455. The fraction of sp³-hybridized carbons (Fsp3) is 0.143. The van der Waals surface area contributed by atoms with E-state index in [-0.39, 0.29) is 5.69 Å². The topological polar surface area (TPSA) is 69.4 Å². The van der Waals surface area contributed by atoms with Crippen molar-refractivity contribution >= 4 is 15.8 Å². The van der Waals surface area contributed by atoms with E-state index in [1.807, 2.05) is 0 Å². The van der Waals surface area contributed by atoms with Crippen LogP contribution in [-0.2, 0) is 10.1 Å². The Morgan fingerprint density at radius 1 is 1.20 bits per heavy atom. The number of nitrogens with two attached hydrogens (primary N) is 1. The lowest BCUT2D eigenvalue weighted by molar-refractivity contribution is -0.0499. The van der Waals surface area contributed by atoms with Crippen LogP contribution in [0, 0.1) is 0 Å². The maximum atomic E-state index is 11.9. The van der Waals surface area contributed by atoms with E-state index >= 15 is 0 Å². The zero-order valence-corrected chi connectivity index (χ0v) is 7.97. The second kappa shape index (κ2) is 3.61. The van der Waals surface area contributed by atoms with Gasteiger partial charge in [0.25, 0.3) is 0 Å². The number of alkyl halides is 3. The van der Waals surface area contributed by atoms with Crippen molar-refractivity contribution in [1.82, 2.24) is 0 Å². The lowest BCUT2D eigenvalue weighted by atomic mass is 10.3. The van der Waals surface area contributed by atoms with Gasteiger partial charge < -0.3 is 9.92 Å². The molecule has 0 bridgehead atoms. The van der Waals surface area contributed by atoms with Gasteiger partial charge in [0.15, 0.2) is 5.75 Å². The average molecular weight is 241 g/mol. The molecule has 0 aliphatic carbocycles. The highest BCUT2D eigenvalue weighted by molar-refractivity contribution is 7.88. The second-order valence-corrected chi connectivity index (χ2v) is 4.06. The largest absolute Gasteiger partial charge is 0.534 e. The summed E-state index contributed by atoms with van der Waals surface area (Å²) in [7, 11) is -5.65. The molecule has 0 atom stereocenters. The molecule has 0 unspecified atom stereocenters. The molecule has 0 aliphatic rings. The summed E-state index contributed by atoms with van der Waals surface area (Å²) in [5.41, 5.74) is -0.438. The van der Waals surface area contributed by atoms with Crippen molar-refractivity contribution in [2.45, 2.75) is 5.51 Å². The molecule has 0 spiro atoms. The van der Waals surface area contributed by atoms with Gasteiger partial charge in [0.05, 0.1) is 5.69 Å². The molecule has 2 N–H and O–H groups in total. The van der Waals surface area contributed by atoms with E-state index in [1.54, 1.807) is 0 Å². The molecule has 1 aromatic rings. The normalized spacial score (nSPS) is 12.5. The van der Waals surface area contributed by atoms with Crippen molar-refractivity contribution in [1.29, 1.82) is 0 Å². The Morgan fingerprint density at radius 3 is 2.20 bits per heavy atom. The molecular weight excluding hydrogens is 235 g/mol. The fourth-order valence-corrected chi connectivity index (χ4v) is 1.20. The lowest BCUT2D eigenvalue weighted by Gasteiger charge is -2.10. The van der Waals surface area contributed by atoms with Crippen LogP contribution in [0.2, 0.25) is 0 Å². The first-order chi connectivity index (χ1) is 6.74. The number of hydrogen-bond acceptors (Lipinski definition) is 4. The van der Waals surface area contributed by atoms with Gasteiger partial charge in [-0.15, -0.1) is 0 Å². The molecule has 84 valence electrons. The number of anilines is 1. The van der Waals surface area contributed by atoms with E-state index in [2.05, 4.69) is 4.18 Å². The number of para-hydroxylation sites is 2. The van der Waals surface area contributed by atoms with Gasteiger partial charge >= 0.3 is 15.6 Å². The van der Waals surface area contributed by atoms with Crippen LogP contribution in [0.3, 0.4) is 0 Å². The van der Waals surface area contributed by atoms with E-state index in [1.165, 1.54) is 18.2 Å². The van der Waals surface area contributed by atoms with Crippen molar-refractivity contribution < 1.29 is 25.8 Å². The first kappa shape index (κ1) is 11.6. The summed E-state index contributed by atoms with van der Waals surface area (Å²) in [6.45, 7) is 0. The standard InChI is InChI=1S/C7H6F3NO3S/c8-7(9,10)15(12,13)14-6-4-2-1-3-5(6)11/h1-4H,11H2. The van der Waals surface area contributed by atoms with Crippen LogP contribution in [0.1, 0.15) is 0 Å². The number of rotatable bonds is 2. The maximum Gasteiger partial charge on any atom is 0.534 e. The van der Waals surface area contributed by atoms with Crippen LogP contribution in [-0.4, -0.2) is 13.9 Å². The van der Waals surface area contributed by atoms with E-state index in [4.69, 9.17) is 5.73 Å². The summed E-state index contributed by atoms with van der Waals surface area (Å²) in [6.07, 6.45) is 0. The Hall–Kier alpha value is -1.44. The van der Waals surface area contributed by atoms with Crippen LogP contribution >= 0.6 is 0 Å². The second-order valence-electron chi connectivity index (χ2n) is 2.52. The van der Waals surface area contributed by atoms with Crippen LogP contribution in [0.25, 0.3) is 0 Å². The lowest BCUT2D eigenvalue weighted by Crippen LogP contribution is -2.28. The molecule has 0 heterocycles. The van der Waals surface area contributed by atoms with Crippen LogP contribution in [0.15, 0.2) is 24.3 Å². The third-order valence-electron chi connectivity index (χ3n) is 1.40. The van der Waals surface area contributed by atoms with E-state index < -0.39 is 21.4 Å². The van der Waals surface area contributed by atoms with Crippen molar-refractivity contribution in [3.8, 4) is 5.75 Å². The molecule has 8 heteroatoms. The molecule has 0 aromatic heterocycles. The van der Waals surface area contributed by atoms with E-state index in [0.29, 0.717) is 0 Å². The van der Waals surface area contributed by atoms with Crippen LogP contribution in [0.5, 0.6) is 5.75 Å². The minimum Gasteiger partial charge on any atom is -0.396 e. The molecule has 4 nitrogen and oxygen atoms in total. The van der Waals surface area contributed by atoms with Crippen LogP contribution in [0.4, 0.5) is 18.9 Å². The van der Waals surface area contributed by atoms with Crippen LogP contribution < -0.4 is 9.92 Å². The molecule has 1 aromatic carbocycles. The minimum atomic E-state index is -5.65. The van der Waals surface area contributed by atoms with Gasteiger partial charge in [-0.2, -0.15) is 21.6 Å². The Kier molecular flexibility index (Phi) is 2.80. The predicted molar refractivity (Wildman–Crippen MR) is 46.5 cm³/mol. The summed E-state index contributed by atoms with van der Waals surface area (Å²) < 4.78 is 60.7. The molecule has 1 rings (SSSR count). The highest BCUT2D eigenvalue weighted by atomic mass is 32.2. The van der Waals surface area contributed by atoms with Crippen molar-refractivity contribution in [2.75, 3.05) is 5.73 Å². The number of halogens is 3. The van der Waals surface area contributed by atoms with Gasteiger partial charge in [-0.25, -0.2) is 0 Å². The molecule has 0 fully saturated rings. The molecule has 0 amide bonds. The summed E-state index contributed by atoms with van der Waals surface area (Å²) in [5.74, 6) is -0.546. The van der Waals surface area contributed by atoms with Gasteiger partial charge in [-0.05, 0) is 12.1 Å². The minimum absolute atomic E-state index is 0.190. The predicted octanol–water partition coefficient (Wildman–Crippen LogP) is 1.50. The Balaban J connectivity index is 3.03. The highest BCUT2D eigenvalue weighted by Gasteiger charge is 2.48. The smallest absolute Gasteiger partial charge is 0.396 e. The Morgan fingerprint density at radius 2 is 1.73 bits per heavy atom. The van der Waals surface area contributed by atoms with Crippen molar-refractivity contribution in [3.05, 3.63) is 24.3 Å². The summed E-state index contributed by atoms with van der Waals surface area (Å²) in [6, 6.07) is 4.99. The number of nitrogen functional groups attached to an aromatic ring is 1. The fourth-order valence-electron chi connectivity index (χ4n) is 0.722. The number of hydrogen-bond donors (Lipinski definition) is 1. The number of benzene rings is 1. The summed E-state index contributed by atoms with van der Waals surface area (Å²) in [4.78, 5) is 0. The zero-order chi connectivity index (χ0) is 11.7. The van der Waals surface area contributed by atoms with Crippen molar-refractivity contribution in [2.24, 2.45) is 0 Å². The Labute approximate surface area is 83.6 Å². The van der Waals surface area contributed by atoms with Gasteiger partial charge in [0, 0.05) is 0 Å². The summed E-state index contributed by atoms with van der Waals surface area (Å²) in [5, 5.41) is 0. The third kappa shape index (κ3) is 2.52. The average Bonchev–Trinajstić information content (AvgIpc) is 2.06. The quantitative estimate of drug-likeness (QED) is 0.484. The van der Waals surface area contributed by atoms with Crippen molar-refractivity contribution in [3.63, 3.8) is 0 Å². The zero-order valence-electron chi connectivity index (χ0n) is 7.15. The first-order valence-electron chi connectivity index (χ1n) is 3.59. The molecular formula is C7H6F3NO3S. The molecule has 15 heavy (non-hydrogen) atoms.